The fraction of sp³-hybridized carbons (Fsp3) is 0.133. The van der Waals surface area contributed by atoms with Crippen LogP contribution in [0.1, 0.15) is 31.8 Å². The van der Waals surface area contributed by atoms with Crippen LogP contribution in [0.3, 0.4) is 0 Å². The van der Waals surface area contributed by atoms with E-state index in [-0.39, 0.29) is 11.8 Å². The Morgan fingerprint density at radius 3 is 2.31 bits per heavy atom. The quantitative estimate of drug-likeness (QED) is 0.318. The summed E-state index contributed by atoms with van der Waals surface area (Å²) in [5.41, 5.74) is 5.01. The van der Waals surface area contributed by atoms with Gasteiger partial charge in [-0.3, -0.25) is 9.59 Å². The number of hydrogen-bond acceptors (Lipinski definition) is 4. The van der Waals surface area contributed by atoms with Crippen molar-refractivity contribution in [2.45, 2.75) is 13.5 Å². The molecule has 0 aromatic heterocycles. The summed E-state index contributed by atoms with van der Waals surface area (Å²) in [7, 11) is 3.85. The number of nitrogens with zero attached hydrogens (tertiary/aromatic N) is 1. The van der Waals surface area contributed by atoms with Crippen molar-refractivity contribution >= 4 is 28.9 Å². The highest BCUT2D eigenvalue weighted by Crippen LogP contribution is 2.25. The SMILES string of the molecule is Cc1ccc(NC(=O)c2cccc(N(C)C)c2)cc1NC(=O)c1ccccc1OCc1ccccc1. The highest BCUT2D eigenvalue weighted by Gasteiger charge is 2.15. The molecule has 4 aromatic carbocycles. The number of hydrogen-bond donors (Lipinski definition) is 2. The zero-order valence-corrected chi connectivity index (χ0v) is 20.6. The van der Waals surface area contributed by atoms with Crippen LogP contribution in [-0.2, 0) is 6.61 Å². The molecule has 6 nitrogen and oxygen atoms in total. The third-order valence-corrected chi connectivity index (χ3v) is 5.74. The van der Waals surface area contributed by atoms with Crippen molar-refractivity contribution in [3.05, 3.63) is 119 Å². The number of ether oxygens (including phenoxy) is 1. The van der Waals surface area contributed by atoms with Gasteiger partial charge in [-0.1, -0.05) is 54.6 Å². The zero-order valence-electron chi connectivity index (χ0n) is 20.6. The summed E-state index contributed by atoms with van der Waals surface area (Å²) < 4.78 is 5.94. The lowest BCUT2D eigenvalue weighted by Gasteiger charge is -2.15. The van der Waals surface area contributed by atoms with E-state index in [1.165, 1.54) is 0 Å². The van der Waals surface area contributed by atoms with Crippen LogP contribution in [0, 0.1) is 6.92 Å². The van der Waals surface area contributed by atoms with Crippen molar-refractivity contribution in [2.75, 3.05) is 29.6 Å². The van der Waals surface area contributed by atoms with Gasteiger partial charge in [-0.05, 0) is 60.5 Å². The average molecular weight is 480 g/mol. The second-order valence-corrected chi connectivity index (χ2v) is 8.65. The summed E-state index contributed by atoms with van der Waals surface area (Å²) in [6.07, 6.45) is 0. The number of amides is 2. The van der Waals surface area contributed by atoms with Crippen LogP contribution in [0.5, 0.6) is 5.75 Å². The van der Waals surface area contributed by atoms with Crippen molar-refractivity contribution in [2.24, 2.45) is 0 Å². The number of anilines is 3. The minimum absolute atomic E-state index is 0.223. The molecule has 0 aliphatic heterocycles. The van der Waals surface area contributed by atoms with E-state index >= 15 is 0 Å². The van der Waals surface area contributed by atoms with Crippen molar-refractivity contribution in [3.8, 4) is 5.75 Å². The average Bonchev–Trinajstić information content (AvgIpc) is 2.90. The van der Waals surface area contributed by atoms with Gasteiger partial charge >= 0.3 is 0 Å². The van der Waals surface area contributed by atoms with E-state index in [2.05, 4.69) is 10.6 Å². The smallest absolute Gasteiger partial charge is 0.259 e. The van der Waals surface area contributed by atoms with Crippen LogP contribution in [-0.4, -0.2) is 25.9 Å². The third-order valence-electron chi connectivity index (χ3n) is 5.74. The van der Waals surface area contributed by atoms with Gasteiger partial charge in [0, 0.05) is 36.7 Å². The zero-order chi connectivity index (χ0) is 25.5. The van der Waals surface area contributed by atoms with Gasteiger partial charge in [-0.2, -0.15) is 0 Å². The molecule has 0 radical (unpaired) electrons. The second-order valence-electron chi connectivity index (χ2n) is 8.65. The molecular formula is C30H29N3O3. The van der Waals surface area contributed by atoms with Crippen molar-refractivity contribution in [3.63, 3.8) is 0 Å². The van der Waals surface area contributed by atoms with Crippen LogP contribution in [0.2, 0.25) is 0 Å². The minimum Gasteiger partial charge on any atom is -0.488 e. The first kappa shape index (κ1) is 24.5. The molecule has 0 spiro atoms. The lowest BCUT2D eigenvalue weighted by molar-refractivity contribution is 0.101. The molecule has 182 valence electrons. The molecule has 0 atom stereocenters. The lowest BCUT2D eigenvalue weighted by Crippen LogP contribution is -2.16. The van der Waals surface area contributed by atoms with Crippen LogP contribution >= 0.6 is 0 Å². The highest BCUT2D eigenvalue weighted by molar-refractivity contribution is 6.08. The third kappa shape index (κ3) is 6.10. The number of para-hydroxylation sites is 1. The van der Waals surface area contributed by atoms with Gasteiger partial charge in [0.2, 0.25) is 0 Å². The van der Waals surface area contributed by atoms with Crippen LogP contribution in [0.4, 0.5) is 17.1 Å². The first-order valence-corrected chi connectivity index (χ1v) is 11.7. The predicted molar refractivity (Wildman–Crippen MR) is 145 cm³/mol. The Balaban J connectivity index is 1.48. The number of nitrogens with one attached hydrogen (secondary N) is 2. The number of carbonyl (C=O) groups excluding carboxylic acids is 2. The maximum absolute atomic E-state index is 13.2. The van der Waals surface area contributed by atoms with E-state index in [1.54, 1.807) is 30.3 Å². The Labute approximate surface area is 211 Å². The fourth-order valence-corrected chi connectivity index (χ4v) is 3.67. The maximum atomic E-state index is 13.2. The van der Waals surface area contributed by atoms with E-state index in [0.29, 0.717) is 34.9 Å². The monoisotopic (exact) mass is 479 g/mol. The van der Waals surface area contributed by atoms with Gasteiger partial charge in [0.25, 0.3) is 11.8 Å². The standard InChI is InChI=1S/C30H29N3O3/c1-21-16-17-24(31-29(34)23-12-9-13-25(18-23)33(2)3)19-27(21)32-30(35)26-14-7-8-15-28(26)36-20-22-10-5-4-6-11-22/h4-19H,20H2,1-3H3,(H,31,34)(H,32,35). The molecule has 2 N–H and O–H groups in total. The molecule has 0 saturated carbocycles. The van der Waals surface area contributed by atoms with E-state index < -0.39 is 0 Å². The predicted octanol–water partition coefficient (Wildman–Crippen LogP) is 6.14. The molecule has 0 fully saturated rings. The molecule has 36 heavy (non-hydrogen) atoms. The van der Waals surface area contributed by atoms with E-state index in [1.807, 2.05) is 92.6 Å². The molecule has 0 saturated heterocycles. The normalized spacial score (nSPS) is 10.4. The lowest BCUT2D eigenvalue weighted by atomic mass is 10.1. The topological polar surface area (TPSA) is 70.7 Å². The van der Waals surface area contributed by atoms with Gasteiger partial charge in [-0.15, -0.1) is 0 Å². The summed E-state index contributed by atoms with van der Waals surface area (Å²) in [6, 6.07) is 29.8. The van der Waals surface area contributed by atoms with Crippen LogP contribution < -0.4 is 20.3 Å². The first-order chi connectivity index (χ1) is 17.4. The summed E-state index contributed by atoms with van der Waals surface area (Å²) >= 11 is 0. The number of benzene rings is 4. The molecule has 0 heterocycles. The maximum Gasteiger partial charge on any atom is 0.259 e. The Hall–Kier alpha value is -4.58. The molecule has 0 aliphatic rings. The molecule has 2 amide bonds. The molecule has 4 aromatic rings. The molecule has 0 aliphatic carbocycles. The van der Waals surface area contributed by atoms with E-state index in [0.717, 1.165) is 16.8 Å². The Bertz CT molecular complexity index is 1370. The van der Waals surface area contributed by atoms with E-state index in [4.69, 9.17) is 4.74 Å². The van der Waals surface area contributed by atoms with Gasteiger partial charge in [0.05, 0.1) is 5.56 Å². The van der Waals surface area contributed by atoms with Gasteiger partial charge in [-0.25, -0.2) is 0 Å². The minimum atomic E-state index is -0.288. The molecule has 0 bridgehead atoms. The van der Waals surface area contributed by atoms with Crippen LogP contribution in [0.15, 0.2) is 97.1 Å². The second kappa shape index (κ2) is 11.2. The molecule has 4 rings (SSSR count). The van der Waals surface area contributed by atoms with E-state index in [9.17, 15) is 9.59 Å². The Kier molecular flexibility index (Phi) is 7.66. The molecule has 6 heteroatoms. The van der Waals surface area contributed by atoms with Crippen molar-refractivity contribution < 1.29 is 14.3 Å². The van der Waals surface area contributed by atoms with Crippen LogP contribution in [0.25, 0.3) is 0 Å². The summed E-state index contributed by atoms with van der Waals surface area (Å²) in [6.45, 7) is 2.26. The summed E-state index contributed by atoms with van der Waals surface area (Å²) in [4.78, 5) is 27.9. The fourth-order valence-electron chi connectivity index (χ4n) is 3.67. The van der Waals surface area contributed by atoms with Gasteiger partial charge in [0.15, 0.2) is 0 Å². The van der Waals surface area contributed by atoms with Gasteiger partial charge in [0.1, 0.15) is 12.4 Å². The van der Waals surface area contributed by atoms with Crippen molar-refractivity contribution in [1.82, 2.24) is 0 Å². The number of carbonyl (C=O) groups is 2. The largest absolute Gasteiger partial charge is 0.488 e. The summed E-state index contributed by atoms with van der Waals surface area (Å²) in [5, 5.41) is 5.89. The Morgan fingerprint density at radius 1 is 0.778 bits per heavy atom. The number of rotatable bonds is 8. The summed E-state index contributed by atoms with van der Waals surface area (Å²) in [5.74, 6) is -0.00912. The highest BCUT2D eigenvalue weighted by atomic mass is 16.5. The van der Waals surface area contributed by atoms with Gasteiger partial charge < -0.3 is 20.3 Å². The first-order valence-electron chi connectivity index (χ1n) is 11.7. The molecular weight excluding hydrogens is 450 g/mol. The molecule has 0 unspecified atom stereocenters. The number of aryl methyl sites for hydroxylation is 1. The van der Waals surface area contributed by atoms with Crippen molar-refractivity contribution in [1.29, 1.82) is 0 Å². The Morgan fingerprint density at radius 2 is 1.53 bits per heavy atom.